The number of primary sulfonamides is 1. The largest absolute Gasteiger partial charge is 0.383 e. The van der Waals surface area contributed by atoms with E-state index >= 15 is 0 Å². The van der Waals surface area contributed by atoms with Crippen LogP contribution < -0.4 is 5.14 Å². The molecule has 9 heteroatoms. The second kappa shape index (κ2) is 7.57. The summed E-state index contributed by atoms with van der Waals surface area (Å²) in [6.45, 7) is 2.17. The van der Waals surface area contributed by atoms with Crippen LogP contribution in [0.3, 0.4) is 0 Å². The van der Waals surface area contributed by atoms with Crippen LogP contribution in [-0.2, 0) is 19.6 Å². The summed E-state index contributed by atoms with van der Waals surface area (Å²) in [5.41, 5.74) is -0.452. The number of nitrogens with two attached hydrogens (primary N) is 1. The molecule has 2 fully saturated rings. The number of rotatable bonds is 5. The van der Waals surface area contributed by atoms with Crippen LogP contribution in [0, 0.1) is 0 Å². The molecule has 0 radical (unpaired) electrons. The average Bonchev–Trinajstić information content (AvgIpc) is 3.06. The van der Waals surface area contributed by atoms with Crippen molar-refractivity contribution in [2.45, 2.75) is 36.1 Å². The molecule has 0 aliphatic carbocycles. The number of likely N-dealkylation sites (tertiary alicyclic amines) is 2. The monoisotopic (exact) mass is 395 g/mol. The van der Waals surface area contributed by atoms with Crippen LogP contribution >= 0.6 is 0 Å². The van der Waals surface area contributed by atoms with Crippen molar-refractivity contribution in [2.24, 2.45) is 5.14 Å². The van der Waals surface area contributed by atoms with Crippen molar-refractivity contribution in [3.05, 3.63) is 29.8 Å². The Bertz CT molecular complexity index is 824. The minimum Gasteiger partial charge on any atom is -0.383 e. The van der Waals surface area contributed by atoms with Crippen molar-refractivity contribution in [1.29, 1.82) is 0 Å². The van der Waals surface area contributed by atoms with E-state index in [4.69, 9.17) is 9.88 Å². The molecule has 0 saturated carbocycles. The van der Waals surface area contributed by atoms with Gasteiger partial charge in [-0.3, -0.25) is 9.59 Å². The molecule has 1 atom stereocenters. The maximum absolute atomic E-state index is 13.2. The summed E-state index contributed by atoms with van der Waals surface area (Å²) in [5, 5.41) is 5.11. The first-order chi connectivity index (χ1) is 12.8. The number of benzene rings is 1. The van der Waals surface area contributed by atoms with Crippen molar-refractivity contribution in [3.8, 4) is 0 Å². The molecule has 148 valence electrons. The van der Waals surface area contributed by atoms with Crippen molar-refractivity contribution in [1.82, 2.24) is 9.80 Å². The molecular weight excluding hydrogens is 370 g/mol. The number of amides is 2. The molecule has 0 aromatic heterocycles. The number of ether oxygens (including phenoxy) is 1. The average molecular weight is 395 g/mol. The van der Waals surface area contributed by atoms with Crippen LogP contribution in [0.25, 0.3) is 0 Å². The van der Waals surface area contributed by atoms with E-state index in [1.54, 1.807) is 16.9 Å². The normalized spacial score (nSPS) is 23.3. The molecule has 0 bridgehead atoms. The Labute approximate surface area is 159 Å². The van der Waals surface area contributed by atoms with Crippen LogP contribution in [-0.4, -0.2) is 68.9 Å². The molecule has 1 spiro atoms. The summed E-state index contributed by atoms with van der Waals surface area (Å²) in [6, 6.07) is 5.53. The third-order valence-electron chi connectivity index (χ3n) is 5.43. The number of carbonyl (C=O) groups excluding carboxylic acids is 2. The van der Waals surface area contributed by atoms with E-state index in [1.165, 1.54) is 24.3 Å². The van der Waals surface area contributed by atoms with Gasteiger partial charge in [-0.1, -0.05) is 0 Å². The Balaban J connectivity index is 1.85. The van der Waals surface area contributed by atoms with Gasteiger partial charge in [0.1, 0.15) is 5.54 Å². The third-order valence-corrected chi connectivity index (χ3v) is 6.36. The van der Waals surface area contributed by atoms with Gasteiger partial charge in [-0.25, -0.2) is 13.6 Å². The minimum absolute atomic E-state index is 0.0159. The zero-order chi connectivity index (χ0) is 19.7. The van der Waals surface area contributed by atoms with Gasteiger partial charge in [0, 0.05) is 32.3 Å². The standard InChI is InChI=1S/C18H25N3O5S/c1-26-13-12-20-10-2-8-18(17(20)23)9-3-11-21(18)16(22)14-4-6-15(7-5-14)27(19,24)25/h4-7H,2-3,8-13H2,1H3,(H2,19,24,25). The topological polar surface area (TPSA) is 110 Å². The maximum atomic E-state index is 13.2. The van der Waals surface area contributed by atoms with Gasteiger partial charge in [0.25, 0.3) is 5.91 Å². The van der Waals surface area contributed by atoms with E-state index in [0.717, 1.165) is 12.8 Å². The summed E-state index contributed by atoms with van der Waals surface area (Å²) in [6.07, 6.45) is 2.90. The number of sulfonamides is 1. The van der Waals surface area contributed by atoms with Crippen LogP contribution in [0.1, 0.15) is 36.0 Å². The lowest BCUT2D eigenvalue weighted by Gasteiger charge is -2.44. The molecule has 8 nitrogen and oxygen atoms in total. The first-order valence-corrected chi connectivity index (χ1v) is 10.6. The summed E-state index contributed by atoms with van der Waals surface area (Å²) in [7, 11) is -2.22. The number of hydrogen-bond acceptors (Lipinski definition) is 5. The number of piperidine rings is 1. The third kappa shape index (κ3) is 3.71. The van der Waals surface area contributed by atoms with Crippen LogP contribution in [0.4, 0.5) is 0 Å². The molecule has 2 heterocycles. The molecule has 1 aromatic rings. The maximum Gasteiger partial charge on any atom is 0.254 e. The Hall–Kier alpha value is -1.97. The first kappa shape index (κ1) is 19.8. The SMILES string of the molecule is COCCN1CCCC2(CCCN2C(=O)c2ccc(S(N)(=O)=O)cc2)C1=O. The van der Waals surface area contributed by atoms with E-state index in [2.05, 4.69) is 0 Å². The summed E-state index contributed by atoms with van der Waals surface area (Å²) in [4.78, 5) is 29.7. The lowest BCUT2D eigenvalue weighted by molar-refractivity contribution is -0.146. The van der Waals surface area contributed by atoms with E-state index in [0.29, 0.717) is 44.6 Å². The van der Waals surface area contributed by atoms with Gasteiger partial charge in [0.2, 0.25) is 15.9 Å². The molecule has 2 aliphatic heterocycles. The van der Waals surface area contributed by atoms with E-state index in [1.807, 2.05) is 0 Å². The second-order valence-corrected chi connectivity index (χ2v) is 8.61. The lowest BCUT2D eigenvalue weighted by Crippen LogP contribution is -2.61. The van der Waals surface area contributed by atoms with Gasteiger partial charge in [0.15, 0.2) is 0 Å². The highest BCUT2D eigenvalue weighted by molar-refractivity contribution is 7.89. The van der Waals surface area contributed by atoms with Crippen LogP contribution in [0.15, 0.2) is 29.2 Å². The Morgan fingerprint density at radius 2 is 1.81 bits per heavy atom. The van der Waals surface area contributed by atoms with Gasteiger partial charge >= 0.3 is 0 Å². The number of methoxy groups -OCH3 is 1. The van der Waals surface area contributed by atoms with Crippen molar-refractivity contribution < 1.29 is 22.7 Å². The molecule has 27 heavy (non-hydrogen) atoms. The summed E-state index contributed by atoms with van der Waals surface area (Å²) in [5.74, 6) is -0.270. The van der Waals surface area contributed by atoms with Gasteiger partial charge in [0.05, 0.1) is 11.5 Å². The van der Waals surface area contributed by atoms with E-state index in [9.17, 15) is 18.0 Å². The fourth-order valence-electron chi connectivity index (χ4n) is 4.08. The molecule has 2 aliphatic rings. The quantitative estimate of drug-likeness (QED) is 0.784. The number of nitrogens with zero attached hydrogens (tertiary/aromatic N) is 2. The first-order valence-electron chi connectivity index (χ1n) is 9.03. The predicted octanol–water partition coefficient (Wildman–Crippen LogP) is 0.578. The minimum atomic E-state index is -3.81. The van der Waals surface area contributed by atoms with Crippen LogP contribution in [0.5, 0.6) is 0 Å². The lowest BCUT2D eigenvalue weighted by atomic mass is 9.85. The van der Waals surface area contributed by atoms with E-state index in [-0.39, 0.29) is 16.7 Å². The van der Waals surface area contributed by atoms with Crippen molar-refractivity contribution in [2.75, 3.05) is 33.4 Å². The Morgan fingerprint density at radius 3 is 2.41 bits per heavy atom. The van der Waals surface area contributed by atoms with Crippen molar-refractivity contribution >= 4 is 21.8 Å². The highest BCUT2D eigenvalue weighted by atomic mass is 32.2. The molecular formula is C18H25N3O5S. The molecule has 3 rings (SSSR count). The van der Waals surface area contributed by atoms with Gasteiger partial charge in [-0.2, -0.15) is 0 Å². The number of carbonyl (C=O) groups is 2. The Morgan fingerprint density at radius 1 is 1.19 bits per heavy atom. The van der Waals surface area contributed by atoms with Gasteiger partial charge in [-0.05, 0) is 49.9 Å². The second-order valence-electron chi connectivity index (χ2n) is 7.05. The highest BCUT2D eigenvalue weighted by Crippen LogP contribution is 2.39. The predicted molar refractivity (Wildman–Crippen MR) is 98.5 cm³/mol. The molecule has 2 N–H and O–H groups in total. The smallest absolute Gasteiger partial charge is 0.254 e. The summed E-state index contributed by atoms with van der Waals surface area (Å²) >= 11 is 0. The Kier molecular flexibility index (Phi) is 5.55. The zero-order valence-corrected chi connectivity index (χ0v) is 16.2. The highest BCUT2D eigenvalue weighted by Gasteiger charge is 2.52. The molecule has 1 unspecified atom stereocenters. The molecule has 2 saturated heterocycles. The van der Waals surface area contributed by atoms with E-state index < -0.39 is 15.6 Å². The van der Waals surface area contributed by atoms with Gasteiger partial charge in [-0.15, -0.1) is 0 Å². The van der Waals surface area contributed by atoms with Crippen molar-refractivity contribution in [3.63, 3.8) is 0 Å². The molecule has 2 amide bonds. The fraction of sp³-hybridized carbons (Fsp3) is 0.556. The number of hydrogen-bond donors (Lipinski definition) is 1. The zero-order valence-electron chi connectivity index (χ0n) is 15.4. The summed E-state index contributed by atoms with van der Waals surface area (Å²) < 4.78 is 27.9. The van der Waals surface area contributed by atoms with Crippen LogP contribution in [0.2, 0.25) is 0 Å². The fourth-order valence-corrected chi connectivity index (χ4v) is 4.60. The van der Waals surface area contributed by atoms with Gasteiger partial charge < -0.3 is 14.5 Å². The molecule has 1 aromatic carbocycles.